The number of nitrogens with zero attached hydrogens (tertiary/aromatic N) is 1. The van der Waals surface area contributed by atoms with Crippen molar-refractivity contribution in [2.45, 2.75) is 58.3 Å². The summed E-state index contributed by atoms with van der Waals surface area (Å²) in [6.07, 6.45) is 3.68. The molecule has 1 fully saturated rings. The maximum Gasteiger partial charge on any atom is 0.355 e. The summed E-state index contributed by atoms with van der Waals surface area (Å²) in [5, 5.41) is 2.59. The van der Waals surface area contributed by atoms with Gasteiger partial charge in [-0.3, -0.25) is 9.59 Å². The van der Waals surface area contributed by atoms with E-state index >= 15 is 0 Å². The van der Waals surface area contributed by atoms with Gasteiger partial charge in [-0.15, -0.1) is 0 Å². The van der Waals surface area contributed by atoms with Crippen LogP contribution in [0, 0.1) is 20.8 Å². The lowest BCUT2D eigenvalue weighted by Crippen LogP contribution is -2.32. The van der Waals surface area contributed by atoms with E-state index in [0.29, 0.717) is 41.2 Å². The van der Waals surface area contributed by atoms with Crippen LogP contribution in [0.3, 0.4) is 0 Å². The van der Waals surface area contributed by atoms with Gasteiger partial charge in [-0.2, -0.15) is 4.31 Å². The molecule has 9 nitrogen and oxygen atoms in total. The van der Waals surface area contributed by atoms with Crippen LogP contribution in [0.1, 0.15) is 70.3 Å². The zero-order valence-electron chi connectivity index (χ0n) is 20.0. The number of aryl methyl sites for hydroxylation is 2. The van der Waals surface area contributed by atoms with E-state index in [4.69, 9.17) is 4.74 Å². The van der Waals surface area contributed by atoms with E-state index in [-0.39, 0.29) is 16.4 Å². The highest BCUT2D eigenvalue weighted by Crippen LogP contribution is 2.26. The molecule has 0 atom stereocenters. The third-order valence-corrected chi connectivity index (χ3v) is 8.02. The fourth-order valence-corrected chi connectivity index (χ4v) is 6.03. The van der Waals surface area contributed by atoms with Crippen molar-refractivity contribution in [1.82, 2.24) is 9.29 Å². The number of rotatable bonds is 7. The fraction of sp³-hybridized carbons (Fsp3) is 0.458. The number of aromatic nitrogens is 1. The summed E-state index contributed by atoms with van der Waals surface area (Å²) < 4.78 is 33.0. The molecule has 0 bridgehead atoms. The van der Waals surface area contributed by atoms with Crippen molar-refractivity contribution >= 4 is 33.4 Å². The number of amides is 1. The van der Waals surface area contributed by atoms with E-state index in [1.54, 1.807) is 32.9 Å². The molecule has 1 aliphatic rings. The molecule has 0 radical (unpaired) electrons. The standard InChI is InChI=1S/C24H31N3O6S/c1-15-9-10-19(13-20(15)34(31,32)27-11-7-5-6-8-12-27)26-21(29)14-33-24(30)23-16(2)22(18(4)28)17(3)25-23/h9-10,13,25H,5-8,11-12,14H2,1-4H3,(H,26,29). The number of ether oxygens (including phenoxy) is 1. The maximum absolute atomic E-state index is 13.2. The van der Waals surface area contributed by atoms with Crippen LogP contribution >= 0.6 is 0 Å². The average molecular weight is 490 g/mol. The summed E-state index contributed by atoms with van der Waals surface area (Å²) in [5.74, 6) is -1.53. The second-order valence-corrected chi connectivity index (χ2v) is 10.5. The molecule has 2 heterocycles. The van der Waals surface area contributed by atoms with Crippen molar-refractivity contribution in [3.63, 3.8) is 0 Å². The lowest BCUT2D eigenvalue weighted by Gasteiger charge is -2.21. The van der Waals surface area contributed by atoms with Gasteiger partial charge >= 0.3 is 5.97 Å². The van der Waals surface area contributed by atoms with Crippen molar-refractivity contribution in [3.8, 4) is 0 Å². The SMILES string of the molecule is CC(=O)c1c(C)[nH]c(C(=O)OCC(=O)Nc2ccc(C)c(S(=O)(=O)N3CCCCCC3)c2)c1C. The summed E-state index contributed by atoms with van der Waals surface area (Å²) in [7, 11) is -3.68. The summed E-state index contributed by atoms with van der Waals surface area (Å²) in [6, 6.07) is 4.68. The largest absolute Gasteiger partial charge is 0.451 e. The molecule has 2 N–H and O–H groups in total. The third kappa shape index (κ3) is 5.56. The number of H-pyrrole nitrogens is 1. The molecule has 3 rings (SSSR count). The molecule has 184 valence electrons. The highest BCUT2D eigenvalue weighted by molar-refractivity contribution is 7.89. The van der Waals surface area contributed by atoms with Crippen molar-refractivity contribution < 1.29 is 27.5 Å². The number of hydrogen-bond acceptors (Lipinski definition) is 6. The smallest absolute Gasteiger partial charge is 0.355 e. The van der Waals surface area contributed by atoms with Gasteiger partial charge in [0.2, 0.25) is 10.0 Å². The topological polar surface area (TPSA) is 126 Å². The van der Waals surface area contributed by atoms with Crippen molar-refractivity contribution in [3.05, 3.63) is 46.3 Å². The van der Waals surface area contributed by atoms with Gasteiger partial charge in [0, 0.05) is 30.0 Å². The zero-order valence-corrected chi connectivity index (χ0v) is 20.8. The Bertz CT molecular complexity index is 1210. The highest BCUT2D eigenvalue weighted by Gasteiger charge is 2.27. The van der Waals surface area contributed by atoms with Gasteiger partial charge in [-0.1, -0.05) is 18.9 Å². The van der Waals surface area contributed by atoms with Crippen LogP contribution in [0.25, 0.3) is 0 Å². The second-order valence-electron chi connectivity index (χ2n) is 8.60. The summed E-state index contributed by atoms with van der Waals surface area (Å²) >= 11 is 0. The first kappa shape index (κ1) is 25.6. The average Bonchev–Trinajstić information content (AvgIpc) is 2.95. The van der Waals surface area contributed by atoms with E-state index in [1.165, 1.54) is 17.3 Å². The number of benzene rings is 1. The van der Waals surface area contributed by atoms with Crippen LogP contribution in [-0.2, 0) is 19.6 Å². The van der Waals surface area contributed by atoms with E-state index in [1.807, 2.05) is 0 Å². The highest BCUT2D eigenvalue weighted by atomic mass is 32.2. The number of sulfonamides is 1. The fourth-order valence-electron chi connectivity index (χ4n) is 4.26. The second kappa shape index (κ2) is 10.5. The Kier molecular flexibility index (Phi) is 7.93. The van der Waals surface area contributed by atoms with Crippen LogP contribution in [0.5, 0.6) is 0 Å². The molecular formula is C24H31N3O6S. The summed E-state index contributed by atoms with van der Waals surface area (Å²) in [4.78, 5) is 39.5. The lowest BCUT2D eigenvalue weighted by molar-refractivity contribution is -0.119. The van der Waals surface area contributed by atoms with E-state index < -0.39 is 28.5 Å². The summed E-state index contributed by atoms with van der Waals surface area (Å²) in [5.41, 5.74) is 2.46. The first-order valence-corrected chi connectivity index (χ1v) is 12.7. The maximum atomic E-state index is 13.2. The van der Waals surface area contributed by atoms with Gasteiger partial charge in [-0.25, -0.2) is 13.2 Å². The predicted octanol–water partition coefficient (Wildman–Crippen LogP) is 3.50. The number of carbonyl (C=O) groups excluding carboxylic acids is 3. The number of nitrogens with one attached hydrogen (secondary N) is 2. The number of anilines is 1. The van der Waals surface area contributed by atoms with E-state index in [0.717, 1.165) is 25.7 Å². The quantitative estimate of drug-likeness (QED) is 0.453. The van der Waals surface area contributed by atoms with Gasteiger partial charge in [0.15, 0.2) is 12.4 Å². The number of ketones is 1. The Morgan fingerprint density at radius 3 is 2.29 bits per heavy atom. The monoisotopic (exact) mass is 489 g/mol. The Morgan fingerprint density at radius 1 is 1.06 bits per heavy atom. The van der Waals surface area contributed by atoms with Crippen LogP contribution in [0.2, 0.25) is 0 Å². The van der Waals surface area contributed by atoms with Gasteiger partial charge in [0.25, 0.3) is 5.91 Å². The van der Waals surface area contributed by atoms with E-state index in [2.05, 4.69) is 10.3 Å². The first-order chi connectivity index (χ1) is 16.0. The lowest BCUT2D eigenvalue weighted by atomic mass is 10.1. The Labute approximate surface area is 199 Å². The van der Waals surface area contributed by atoms with E-state index in [9.17, 15) is 22.8 Å². The van der Waals surface area contributed by atoms with Gasteiger partial charge in [0.1, 0.15) is 5.69 Å². The number of esters is 1. The van der Waals surface area contributed by atoms with Gasteiger partial charge in [-0.05, 0) is 63.8 Å². The van der Waals surface area contributed by atoms with Crippen molar-refractivity contribution in [1.29, 1.82) is 0 Å². The molecule has 34 heavy (non-hydrogen) atoms. The third-order valence-electron chi connectivity index (χ3n) is 5.98. The van der Waals surface area contributed by atoms with Crippen LogP contribution < -0.4 is 5.32 Å². The molecule has 0 saturated carbocycles. The van der Waals surface area contributed by atoms with Gasteiger partial charge in [0.05, 0.1) is 4.90 Å². The number of carbonyl (C=O) groups is 3. The van der Waals surface area contributed by atoms with Gasteiger partial charge < -0.3 is 15.0 Å². The Balaban J connectivity index is 1.68. The van der Waals surface area contributed by atoms with Crippen LogP contribution in [0.4, 0.5) is 5.69 Å². The molecule has 1 aromatic carbocycles. The molecule has 0 unspecified atom stereocenters. The molecule has 1 aliphatic heterocycles. The number of hydrogen-bond donors (Lipinski definition) is 2. The zero-order chi connectivity index (χ0) is 25.0. The molecule has 0 spiro atoms. The molecule has 10 heteroatoms. The number of aromatic amines is 1. The molecule has 1 aromatic heterocycles. The predicted molar refractivity (Wildman–Crippen MR) is 128 cm³/mol. The molecular weight excluding hydrogens is 458 g/mol. The first-order valence-electron chi connectivity index (χ1n) is 11.3. The van der Waals surface area contributed by atoms with Crippen LogP contribution in [0.15, 0.2) is 23.1 Å². The Hall–Kier alpha value is -2.98. The molecule has 1 saturated heterocycles. The van der Waals surface area contributed by atoms with Crippen molar-refractivity contribution in [2.24, 2.45) is 0 Å². The minimum atomic E-state index is -3.68. The van der Waals surface area contributed by atoms with Crippen LogP contribution in [-0.4, -0.2) is 55.1 Å². The summed E-state index contributed by atoms with van der Waals surface area (Å²) in [6.45, 7) is 6.85. The Morgan fingerprint density at radius 2 is 1.71 bits per heavy atom. The minimum Gasteiger partial charge on any atom is -0.451 e. The van der Waals surface area contributed by atoms with Crippen molar-refractivity contribution in [2.75, 3.05) is 25.0 Å². The molecule has 2 aromatic rings. The normalized spacial score (nSPS) is 14.9. The minimum absolute atomic E-state index is 0.122. The molecule has 0 aliphatic carbocycles. The molecule has 1 amide bonds. The number of Topliss-reactive ketones (excluding diaryl/α,β-unsaturated/α-hetero) is 1.